The molecule has 0 aliphatic carbocycles. The van der Waals surface area contributed by atoms with Crippen LogP contribution < -0.4 is 5.32 Å². The number of ether oxygens (including phenoxy) is 1. The molecule has 1 atom stereocenters. The number of benzene rings is 1. The molecule has 0 spiro atoms. The maximum atomic E-state index is 12.2. The number of anilines is 1. The van der Waals surface area contributed by atoms with E-state index in [1.807, 2.05) is 13.8 Å². The first-order valence-electron chi connectivity index (χ1n) is 8.75. The number of esters is 1. The highest BCUT2D eigenvalue weighted by Crippen LogP contribution is 2.24. The molecule has 0 saturated carbocycles. The number of rotatable bonds is 6. The Balaban J connectivity index is 1.59. The summed E-state index contributed by atoms with van der Waals surface area (Å²) >= 11 is 6.01. The standard InChI is InChI=1S/C18H20ClN5O4/c1-11(2)23-7-12(5-17(23)26)18(27)28-8-16(25)22-14-6-13(19)3-4-15(14)24-10-20-9-21-24/h3-4,6,9-12H,5,7-8H2,1-2H3,(H,22,25). The van der Waals surface area contributed by atoms with Gasteiger partial charge in [-0.05, 0) is 32.0 Å². The largest absolute Gasteiger partial charge is 0.455 e. The molecule has 1 fully saturated rings. The van der Waals surface area contributed by atoms with Gasteiger partial charge in [0.05, 0.1) is 17.3 Å². The van der Waals surface area contributed by atoms with E-state index in [-0.39, 0.29) is 18.4 Å². The molecule has 1 aromatic heterocycles. The molecule has 3 rings (SSSR count). The van der Waals surface area contributed by atoms with E-state index in [1.165, 1.54) is 17.3 Å². The van der Waals surface area contributed by atoms with Crippen LogP contribution in [0.1, 0.15) is 20.3 Å². The van der Waals surface area contributed by atoms with Gasteiger partial charge in [-0.2, -0.15) is 5.10 Å². The molecule has 0 radical (unpaired) electrons. The number of aromatic nitrogens is 3. The maximum Gasteiger partial charge on any atom is 0.311 e. The molecule has 9 nitrogen and oxygen atoms in total. The van der Waals surface area contributed by atoms with E-state index in [0.717, 1.165) is 0 Å². The first-order chi connectivity index (χ1) is 13.3. The van der Waals surface area contributed by atoms with Crippen LogP contribution in [0.3, 0.4) is 0 Å². The van der Waals surface area contributed by atoms with Crippen LogP contribution in [0.4, 0.5) is 5.69 Å². The fourth-order valence-electron chi connectivity index (χ4n) is 2.97. The van der Waals surface area contributed by atoms with Gasteiger partial charge in [0.25, 0.3) is 5.91 Å². The molecule has 1 unspecified atom stereocenters. The van der Waals surface area contributed by atoms with Crippen molar-refractivity contribution in [1.82, 2.24) is 19.7 Å². The summed E-state index contributed by atoms with van der Waals surface area (Å²) in [5.41, 5.74) is 0.969. The smallest absolute Gasteiger partial charge is 0.311 e. The number of nitrogens with one attached hydrogen (secondary N) is 1. The molecule has 10 heteroatoms. The van der Waals surface area contributed by atoms with Crippen molar-refractivity contribution in [2.24, 2.45) is 5.92 Å². The van der Waals surface area contributed by atoms with Crippen molar-refractivity contribution in [3.8, 4) is 5.69 Å². The molecule has 1 N–H and O–H groups in total. The van der Waals surface area contributed by atoms with Crippen LogP contribution in [-0.2, 0) is 19.1 Å². The zero-order valence-corrected chi connectivity index (χ0v) is 16.2. The van der Waals surface area contributed by atoms with Crippen LogP contribution >= 0.6 is 11.6 Å². The van der Waals surface area contributed by atoms with E-state index in [4.69, 9.17) is 16.3 Å². The fraction of sp³-hybridized carbons (Fsp3) is 0.389. The number of nitrogens with zero attached hydrogens (tertiary/aromatic N) is 4. The Hall–Kier alpha value is -2.94. The van der Waals surface area contributed by atoms with Crippen LogP contribution in [0.25, 0.3) is 5.69 Å². The average Bonchev–Trinajstić information content (AvgIpc) is 3.29. The molecular weight excluding hydrogens is 386 g/mol. The zero-order valence-electron chi connectivity index (χ0n) is 15.5. The minimum absolute atomic E-state index is 0.0200. The fourth-order valence-corrected chi connectivity index (χ4v) is 3.14. The Morgan fingerprint density at radius 2 is 2.18 bits per heavy atom. The Labute approximate surface area is 166 Å². The Morgan fingerprint density at radius 1 is 1.39 bits per heavy atom. The summed E-state index contributed by atoms with van der Waals surface area (Å²) in [7, 11) is 0. The predicted molar refractivity (Wildman–Crippen MR) is 101 cm³/mol. The summed E-state index contributed by atoms with van der Waals surface area (Å²) in [6.45, 7) is 3.61. The molecule has 1 aliphatic heterocycles. The molecule has 2 aromatic rings. The van der Waals surface area contributed by atoms with Crippen LogP contribution in [0.2, 0.25) is 5.02 Å². The second-order valence-corrected chi connectivity index (χ2v) is 7.13. The van der Waals surface area contributed by atoms with Gasteiger partial charge in [-0.15, -0.1) is 0 Å². The highest BCUT2D eigenvalue weighted by molar-refractivity contribution is 6.31. The SMILES string of the molecule is CC(C)N1CC(C(=O)OCC(=O)Nc2cc(Cl)ccc2-n2cncn2)CC1=O. The van der Waals surface area contributed by atoms with E-state index >= 15 is 0 Å². The normalized spacial score (nSPS) is 16.5. The second-order valence-electron chi connectivity index (χ2n) is 6.70. The van der Waals surface area contributed by atoms with Gasteiger partial charge in [0.1, 0.15) is 12.7 Å². The minimum atomic E-state index is -0.561. The topological polar surface area (TPSA) is 106 Å². The summed E-state index contributed by atoms with van der Waals surface area (Å²) in [5, 5.41) is 7.11. The molecule has 1 aliphatic rings. The van der Waals surface area contributed by atoms with Gasteiger partial charge in [-0.1, -0.05) is 11.6 Å². The van der Waals surface area contributed by atoms with Crippen LogP contribution in [0.15, 0.2) is 30.9 Å². The predicted octanol–water partition coefficient (Wildman–Crippen LogP) is 1.66. The van der Waals surface area contributed by atoms with Gasteiger partial charge < -0.3 is 15.0 Å². The Morgan fingerprint density at radius 3 is 2.82 bits per heavy atom. The van der Waals surface area contributed by atoms with Crippen molar-refractivity contribution >= 4 is 35.1 Å². The first kappa shape index (κ1) is 19.8. The first-order valence-corrected chi connectivity index (χ1v) is 9.13. The van der Waals surface area contributed by atoms with Gasteiger partial charge in [0, 0.05) is 24.0 Å². The second kappa shape index (κ2) is 8.39. The quantitative estimate of drug-likeness (QED) is 0.732. The average molecular weight is 406 g/mol. The van der Waals surface area contributed by atoms with Crippen LogP contribution in [0, 0.1) is 5.92 Å². The van der Waals surface area contributed by atoms with E-state index in [9.17, 15) is 14.4 Å². The number of amides is 2. The van der Waals surface area contributed by atoms with Crippen LogP contribution in [0.5, 0.6) is 0 Å². The lowest BCUT2D eigenvalue weighted by molar-refractivity contribution is -0.151. The number of hydrogen-bond acceptors (Lipinski definition) is 6. The minimum Gasteiger partial charge on any atom is -0.455 e. The third-order valence-corrected chi connectivity index (χ3v) is 4.59. The van der Waals surface area contributed by atoms with Gasteiger partial charge in [-0.25, -0.2) is 9.67 Å². The summed E-state index contributed by atoms with van der Waals surface area (Å²) in [6.07, 6.45) is 2.95. The van der Waals surface area contributed by atoms with Crippen LogP contribution in [-0.4, -0.2) is 56.6 Å². The molecule has 2 amide bonds. The summed E-state index contributed by atoms with van der Waals surface area (Å²) in [4.78, 5) is 41.9. The lowest BCUT2D eigenvalue weighted by Crippen LogP contribution is -2.33. The van der Waals surface area contributed by atoms with Crippen molar-refractivity contribution in [2.45, 2.75) is 26.3 Å². The van der Waals surface area contributed by atoms with Gasteiger partial charge in [0.2, 0.25) is 5.91 Å². The van der Waals surface area contributed by atoms with Crippen molar-refractivity contribution in [2.75, 3.05) is 18.5 Å². The summed E-state index contributed by atoms with van der Waals surface area (Å²) in [5.74, 6) is -1.73. The number of carbonyl (C=O) groups is 3. The third-order valence-electron chi connectivity index (χ3n) is 4.36. The lowest BCUT2D eigenvalue weighted by atomic mass is 10.1. The third kappa shape index (κ3) is 4.48. The number of halogens is 1. The number of carbonyl (C=O) groups excluding carboxylic acids is 3. The molecule has 1 aromatic carbocycles. The molecular formula is C18H20ClN5O4. The summed E-state index contributed by atoms with van der Waals surface area (Å²) < 4.78 is 6.57. The summed E-state index contributed by atoms with van der Waals surface area (Å²) in [6, 6.07) is 4.93. The molecule has 1 saturated heterocycles. The number of hydrogen-bond donors (Lipinski definition) is 1. The van der Waals surface area contributed by atoms with E-state index in [0.29, 0.717) is 22.9 Å². The highest BCUT2D eigenvalue weighted by atomic mass is 35.5. The number of likely N-dealkylation sites (tertiary alicyclic amines) is 1. The van der Waals surface area contributed by atoms with Crippen molar-refractivity contribution in [3.63, 3.8) is 0 Å². The zero-order chi connectivity index (χ0) is 20.3. The van der Waals surface area contributed by atoms with Gasteiger partial charge in [-0.3, -0.25) is 14.4 Å². The van der Waals surface area contributed by atoms with Crippen molar-refractivity contribution in [3.05, 3.63) is 35.9 Å². The monoisotopic (exact) mass is 405 g/mol. The van der Waals surface area contributed by atoms with Gasteiger partial charge >= 0.3 is 5.97 Å². The Kier molecular flexibility index (Phi) is 5.93. The van der Waals surface area contributed by atoms with E-state index in [1.54, 1.807) is 23.1 Å². The van der Waals surface area contributed by atoms with Crippen molar-refractivity contribution < 1.29 is 19.1 Å². The van der Waals surface area contributed by atoms with E-state index in [2.05, 4.69) is 15.4 Å². The molecule has 0 bridgehead atoms. The molecule has 2 heterocycles. The maximum absolute atomic E-state index is 12.2. The lowest BCUT2D eigenvalue weighted by Gasteiger charge is -2.20. The highest BCUT2D eigenvalue weighted by Gasteiger charge is 2.36. The molecule has 28 heavy (non-hydrogen) atoms. The Bertz CT molecular complexity index is 884. The van der Waals surface area contributed by atoms with E-state index < -0.39 is 24.4 Å². The van der Waals surface area contributed by atoms with Crippen molar-refractivity contribution in [1.29, 1.82) is 0 Å². The molecule has 148 valence electrons. The van der Waals surface area contributed by atoms with Gasteiger partial charge in [0.15, 0.2) is 6.61 Å².